The minimum atomic E-state index is 0.356. The Morgan fingerprint density at radius 1 is 1.40 bits per heavy atom. The monoisotopic (exact) mass is 210 g/mol. The van der Waals surface area contributed by atoms with Crippen molar-refractivity contribution in [3.63, 3.8) is 0 Å². The van der Waals surface area contributed by atoms with Crippen LogP contribution in [-0.4, -0.2) is 36.1 Å². The minimum absolute atomic E-state index is 0.356. The second-order valence-corrected chi connectivity index (χ2v) is 5.90. The third-order valence-corrected chi connectivity index (χ3v) is 4.37. The van der Waals surface area contributed by atoms with Crippen LogP contribution in [0.4, 0.5) is 0 Å². The summed E-state index contributed by atoms with van der Waals surface area (Å²) < 4.78 is 0. The van der Waals surface area contributed by atoms with E-state index in [1.54, 1.807) is 0 Å². The van der Waals surface area contributed by atoms with Crippen LogP contribution in [0.2, 0.25) is 0 Å². The maximum absolute atomic E-state index is 3.71. The highest BCUT2D eigenvalue weighted by Crippen LogP contribution is 2.32. The highest BCUT2D eigenvalue weighted by atomic mass is 15.2. The molecule has 0 aromatic heterocycles. The number of hydrogen-bond donors (Lipinski definition) is 1. The van der Waals surface area contributed by atoms with Crippen LogP contribution in [0.15, 0.2) is 0 Å². The molecule has 1 unspecified atom stereocenters. The average molecular weight is 210 g/mol. The molecule has 88 valence electrons. The lowest BCUT2D eigenvalue weighted by Crippen LogP contribution is -2.53. The minimum Gasteiger partial charge on any atom is -0.310 e. The second kappa shape index (κ2) is 4.42. The molecule has 2 heteroatoms. The Hall–Kier alpha value is -0.0800. The first-order valence-electron chi connectivity index (χ1n) is 6.62. The van der Waals surface area contributed by atoms with Gasteiger partial charge < -0.3 is 5.32 Å². The van der Waals surface area contributed by atoms with E-state index in [0.717, 1.165) is 12.0 Å². The Bertz CT molecular complexity index is 211. The van der Waals surface area contributed by atoms with Crippen LogP contribution in [0.1, 0.15) is 46.5 Å². The Balaban J connectivity index is 1.93. The van der Waals surface area contributed by atoms with Crippen molar-refractivity contribution in [3.8, 4) is 0 Å². The molecule has 1 heterocycles. The molecule has 2 aliphatic rings. The van der Waals surface area contributed by atoms with Gasteiger partial charge in [0.05, 0.1) is 0 Å². The highest BCUT2D eigenvalue weighted by molar-refractivity contribution is 4.93. The number of rotatable bonds is 2. The Morgan fingerprint density at radius 3 is 2.73 bits per heavy atom. The maximum atomic E-state index is 3.71. The average Bonchev–Trinajstić information content (AvgIpc) is 2.36. The summed E-state index contributed by atoms with van der Waals surface area (Å²) in [5, 5.41) is 3.71. The van der Waals surface area contributed by atoms with Gasteiger partial charge >= 0.3 is 0 Å². The Labute approximate surface area is 94.4 Å². The molecule has 0 bridgehead atoms. The van der Waals surface area contributed by atoms with Crippen molar-refractivity contribution < 1.29 is 0 Å². The normalized spacial score (nSPS) is 43.4. The van der Waals surface area contributed by atoms with Crippen LogP contribution in [0.25, 0.3) is 0 Å². The molecule has 2 rings (SSSR count). The molecule has 2 fully saturated rings. The van der Waals surface area contributed by atoms with Gasteiger partial charge in [-0.3, -0.25) is 4.90 Å². The largest absolute Gasteiger partial charge is 0.310 e. The van der Waals surface area contributed by atoms with E-state index in [9.17, 15) is 0 Å². The predicted molar refractivity (Wildman–Crippen MR) is 65.1 cm³/mol. The fourth-order valence-corrected chi connectivity index (χ4v) is 2.96. The van der Waals surface area contributed by atoms with Gasteiger partial charge in [-0.05, 0) is 51.6 Å². The fourth-order valence-electron chi connectivity index (χ4n) is 2.96. The van der Waals surface area contributed by atoms with Crippen LogP contribution in [-0.2, 0) is 0 Å². The zero-order chi connectivity index (χ0) is 10.9. The van der Waals surface area contributed by atoms with E-state index in [4.69, 9.17) is 0 Å². The topological polar surface area (TPSA) is 15.3 Å². The highest BCUT2D eigenvalue weighted by Gasteiger charge is 2.35. The zero-order valence-corrected chi connectivity index (χ0v) is 10.6. The smallest absolute Gasteiger partial charge is 0.0277 e. The summed E-state index contributed by atoms with van der Waals surface area (Å²) in [4.78, 5) is 2.74. The van der Waals surface area contributed by atoms with E-state index in [0.29, 0.717) is 5.54 Å². The summed E-state index contributed by atoms with van der Waals surface area (Å²) in [7, 11) is 0. The molecule has 1 aliphatic heterocycles. The van der Waals surface area contributed by atoms with Crippen molar-refractivity contribution in [3.05, 3.63) is 0 Å². The molecular formula is C13H26N2. The lowest BCUT2D eigenvalue weighted by Gasteiger charge is -2.44. The molecule has 0 spiro atoms. The van der Waals surface area contributed by atoms with Gasteiger partial charge in [-0.2, -0.15) is 0 Å². The van der Waals surface area contributed by atoms with Crippen molar-refractivity contribution >= 4 is 0 Å². The van der Waals surface area contributed by atoms with Crippen molar-refractivity contribution in [2.75, 3.05) is 19.6 Å². The van der Waals surface area contributed by atoms with Crippen LogP contribution in [0, 0.1) is 5.92 Å². The van der Waals surface area contributed by atoms with Crippen LogP contribution < -0.4 is 5.32 Å². The first kappa shape index (κ1) is 11.4. The van der Waals surface area contributed by atoms with Gasteiger partial charge in [0.25, 0.3) is 0 Å². The van der Waals surface area contributed by atoms with E-state index in [1.165, 1.54) is 45.3 Å². The molecule has 0 aromatic rings. The van der Waals surface area contributed by atoms with Gasteiger partial charge in [0.15, 0.2) is 0 Å². The molecule has 1 aliphatic carbocycles. The first-order chi connectivity index (χ1) is 7.13. The molecular weight excluding hydrogens is 184 g/mol. The predicted octanol–water partition coefficient (Wildman–Crippen LogP) is 2.25. The quantitative estimate of drug-likeness (QED) is 0.752. The molecule has 0 radical (unpaired) electrons. The summed E-state index contributed by atoms with van der Waals surface area (Å²) in [5.74, 6) is 0.971. The van der Waals surface area contributed by atoms with Gasteiger partial charge in [-0.25, -0.2) is 0 Å². The SMILES string of the molecule is CCC1(C)CN(C2CC(C)C2)CCCN1. The second-order valence-electron chi connectivity index (χ2n) is 5.90. The Kier molecular flexibility index (Phi) is 3.36. The van der Waals surface area contributed by atoms with Crippen LogP contribution >= 0.6 is 0 Å². The van der Waals surface area contributed by atoms with Gasteiger partial charge in [-0.15, -0.1) is 0 Å². The lowest BCUT2D eigenvalue weighted by molar-refractivity contribution is 0.0705. The van der Waals surface area contributed by atoms with Gasteiger partial charge in [-0.1, -0.05) is 13.8 Å². The molecule has 15 heavy (non-hydrogen) atoms. The molecule has 1 saturated carbocycles. The van der Waals surface area contributed by atoms with Crippen LogP contribution in [0.5, 0.6) is 0 Å². The maximum Gasteiger partial charge on any atom is 0.0277 e. The van der Waals surface area contributed by atoms with Crippen LogP contribution in [0.3, 0.4) is 0 Å². The number of nitrogens with one attached hydrogen (secondary N) is 1. The number of hydrogen-bond acceptors (Lipinski definition) is 2. The summed E-state index contributed by atoms with van der Waals surface area (Å²) in [5.41, 5.74) is 0.356. The molecule has 2 nitrogen and oxygen atoms in total. The molecule has 0 amide bonds. The standard InChI is InChI=1S/C13H26N2/c1-4-13(3)10-15(7-5-6-14-13)12-8-11(2)9-12/h11-12,14H,4-10H2,1-3H3. The summed E-state index contributed by atoms with van der Waals surface area (Å²) in [6, 6.07) is 0.894. The van der Waals surface area contributed by atoms with Gasteiger partial charge in [0.2, 0.25) is 0 Å². The van der Waals surface area contributed by atoms with Crippen molar-refractivity contribution in [1.29, 1.82) is 0 Å². The number of nitrogens with zero attached hydrogens (tertiary/aromatic N) is 1. The van der Waals surface area contributed by atoms with Crippen molar-refractivity contribution in [1.82, 2.24) is 10.2 Å². The van der Waals surface area contributed by atoms with E-state index in [-0.39, 0.29) is 0 Å². The summed E-state index contributed by atoms with van der Waals surface area (Å²) >= 11 is 0. The zero-order valence-electron chi connectivity index (χ0n) is 10.6. The third-order valence-electron chi connectivity index (χ3n) is 4.37. The van der Waals surface area contributed by atoms with Gasteiger partial charge in [0.1, 0.15) is 0 Å². The molecule has 0 aromatic carbocycles. The van der Waals surface area contributed by atoms with E-state index in [2.05, 4.69) is 31.0 Å². The lowest BCUT2D eigenvalue weighted by atomic mass is 9.80. The third kappa shape index (κ3) is 2.54. The first-order valence-corrected chi connectivity index (χ1v) is 6.62. The van der Waals surface area contributed by atoms with E-state index < -0.39 is 0 Å². The Morgan fingerprint density at radius 2 is 2.13 bits per heavy atom. The van der Waals surface area contributed by atoms with E-state index >= 15 is 0 Å². The fraction of sp³-hybridized carbons (Fsp3) is 1.00. The molecule has 1 saturated heterocycles. The summed E-state index contributed by atoms with van der Waals surface area (Å²) in [6.07, 6.45) is 5.42. The molecule has 1 N–H and O–H groups in total. The molecule has 1 atom stereocenters. The van der Waals surface area contributed by atoms with Crippen molar-refractivity contribution in [2.45, 2.75) is 58.0 Å². The van der Waals surface area contributed by atoms with Gasteiger partial charge in [0, 0.05) is 18.1 Å². The van der Waals surface area contributed by atoms with E-state index in [1.807, 2.05) is 0 Å². The van der Waals surface area contributed by atoms with Crippen molar-refractivity contribution in [2.24, 2.45) is 5.92 Å². The summed E-state index contributed by atoms with van der Waals surface area (Å²) in [6.45, 7) is 10.8.